The van der Waals surface area contributed by atoms with Gasteiger partial charge in [0, 0.05) is 18.1 Å². The Bertz CT molecular complexity index is 1260. The molecule has 0 amide bonds. The van der Waals surface area contributed by atoms with Crippen LogP contribution in [-0.4, -0.2) is 50.0 Å². The van der Waals surface area contributed by atoms with E-state index in [2.05, 4.69) is 44.7 Å². The summed E-state index contributed by atoms with van der Waals surface area (Å²) in [4.78, 5) is 4.44. The van der Waals surface area contributed by atoms with Gasteiger partial charge >= 0.3 is 29.6 Å². The average molecular weight is 512 g/mol. The molecule has 0 aliphatic carbocycles. The van der Waals surface area contributed by atoms with Gasteiger partial charge in [0.2, 0.25) is 5.88 Å². The first-order valence-corrected chi connectivity index (χ1v) is 11.8. The maximum Gasteiger partial charge on any atom is 1.00 e. The van der Waals surface area contributed by atoms with Crippen LogP contribution in [0.3, 0.4) is 0 Å². The number of aryl methyl sites for hydroxylation is 4. The third-order valence-corrected chi connectivity index (χ3v) is 6.05. The molecule has 10 heteroatoms. The molecule has 0 saturated heterocycles. The number of pyridine rings is 1. The number of rotatable bonds is 11. The Labute approximate surface area is 238 Å². The minimum absolute atomic E-state index is 0. The molecule has 4 aromatic rings. The Kier molecular flexibility index (Phi) is 10.6. The van der Waals surface area contributed by atoms with Gasteiger partial charge in [-0.3, -0.25) is 10.3 Å². The fourth-order valence-electron chi connectivity index (χ4n) is 4.10. The van der Waals surface area contributed by atoms with Crippen LogP contribution in [0.25, 0.3) is 11.1 Å². The van der Waals surface area contributed by atoms with Gasteiger partial charge in [0.05, 0.1) is 6.61 Å². The van der Waals surface area contributed by atoms with Crippen molar-refractivity contribution >= 4 is 0 Å². The van der Waals surface area contributed by atoms with Crippen LogP contribution in [0.1, 0.15) is 33.6 Å². The molecule has 0 aliphatic heterocycles. The van der Waals surface area contributed by atoms with Gasteiger partial charge in [0.15, 0.2) is 0 Å². The van der Waals surface area contributed by atoms with Gasteiger partial charge in [0.1, 0.15) is 25.1 Å². The monoisotopic (exact) mass is 511 g/mol. The Hall–Kier alpha value is -2.82. The van der Waals surface area contributed by atoms with E-state index in [0.717, 1.165) is 45.4 Å². The summed E-state index contributed by atoms with van der Waals surface area (Å²) < 4.78 is 11.6. The van der Waals surface area contributed by atoms with Crippen molar-refractivity contribution in [2.24, 2.45) is 0 Å². The Morgan fingerprint density at radius 1 is 1.00 bits per heavy atom. The van der Waals surface area contributed by atoms with Gasteiger partial charge in [-0.1, -0.05) is 24.3 Å². The van der Waals surface area contributed by atoms with Gasteiger partial charge in [0.25, 0.3) is 0 Å². The van der Waals surface area contributed by atoms with E-state index in [0.29, 0.717) is 30.5 Å². The van der Waals surface area contributed by atoms with Crippen LogP contribution in [0, 0.1) is 20.8 Å². The van der Waals surface area contributed by atoms with E-state index in [1.165, 1.54) is 0 Å². The SMILES string of the molecule is Cc1cc(OC[C@H](O)CO)cc(C)c1-c1cccc(COc2ccc(CCc3nnn[n-]3)cn2)c1C.[Na+]. The number of benzene rings is 2. The molecule has 188 valence electrons. The number of nitrogens with zero attached hydrogens (tertiary/aromatic N) is 5. The quantitative estimate of drug-likeness (QED) is 0.266. The van der Waals surface area contributed by atoms with E-state index in [-0.39, 0.29) is 42.8 Å². The molecule has 0 unspecified atom stereocenters. The Balaban J connectivity index is 0.00000380. The minimum atomic E-state index is -0.898. The predicted molar refractivity (Wildman–Crippen MR) is 134 cm³/mol. The molecule has 2 N–H and O–H groups in total. The first kappa shape index (κ1) is 28.7. The topological polar surface area (TPSA) is 125 Å². The second-order valence-electron chi connectivity index (χ2n) is 8.76. The number of hydrogen-bond acceptors (Lipinski definition) is 8. The molecular weight excluding hydrogens is 481 g/mol. The van der Waals surface area contributed by atoms with E-state index >= 15 is 0 Å². The van der Waals surface area contributed by atoms with Crippen molar-refractivity contribution in [2.45, 2.75) is 46.3 Å². The molecule has 2 heterocycles. The van der Waals surface area contributed by atoms with Crippen molar-refractivity contribution in [1.29, 1.82) is 0 Å². The molecule has 2 aromatic carbocycles. The maximum atomic E-state index is 9.56. The molecule has 4 rings (SSSR count). The van der Waals surface area contributed by atoms with Crippen molar-refractivity contribution in [3.05, 3.63) is 82.3 Å². The molecule has 37 heavy (non-hydrogen) atoms. The summed E-state index contributed by atoms with van der Waals surface area (Å²) in [5.41, 5.74) is 7.70. The molecule has 9 nitrogen and oxygen atoms in total. The van der Waals surface area contributed by atoms with Crippen LogP contribution in [0.15, 0.2) is 48.7 Å². The van der Waals surface area contributed by atoms with Crippen molar-refractivity contribution in [1.82, 2.24) is 25.6 Å². The summed E-state index contributed by atoms with van der Waals surface area (Å²) in [6, 6.07) is 14.0. The fraction of sp³-hybridized carbons (Fsp3) is 0.333. The zero-order valence-corrected chi connectivity index (χ0v) is 23.7. The molecule has 1 atom stereocenters. The Morgan fingerprint density at radius 3 is 2.43 bits per heavy atom. The molecular formula is C27H30N5NaO4. The number of aromatic nitrogens is 5. The summed E-state index contributed by atoms with van der Waals surface area (Å²) in [5.74, 6) is 1.86. The van der Waals surface area contributed by atoms with Crippen LogP contribution in [-0.2, 0) is 19.4 Å². The first-order valence-electron chi connectivity index (χ1n) is 11.8. The zero-order chi connectivity index (χ0) is 25.5. The van der Waals surface area contributed by atoms with Crippen LogP contribution in [0.5, 0.6) is 11.6 Å². The van der Waals surface area contributed by atoms with E-state index in [1.807, 2.05) is 44.2 Å². The molecule has 0 radical (unpaired) electrons. The fourth-order valence-corrected chi connectivity index (χ4v) is 4.10. The van der Waals surface area contributed by atoms with E-state index in [4.69, 9.17) is 14.6 Å². The molecule has 0 aliphatic rings. The molecule has 0 bridgehead atoms. The van der Waals surface area contributed by atoms with Crippen LogP contribution >= 0.6 is 0 Å². The standard InChI is InChI=1S/C27H30N5O4.Na/c1-17-11-23(35-16-22(34)14-33)12-18(2)27(17)24-6-4-5-21(19(24)3)15-36-26-10-8-20(13-28-26)7-9-25-29-31-32-30-25;/h4-6,8,10-13,22,33-34H,7,9,14-16H2,1-3H3;/q-1;+1/t22-;/m1./s1. The number of hydrogen-bond donors (Lipinski definition) is 2. The number of aliphatic hydroxyl groups excluding tert-OH is 2. The number of aliphatic hydroxyl groups is 2. The smallest absolute Gasteiger partial charge is 0.491 e. The van der Waals surface area contributed by atoms with Crippen LogP contribution in [0.2, 0.25) is 0 Å². The summed E-state index contributed by atoms with van der Waals surface area (Å²) >= 11 is 0. The second kappa shape index (κ2) is 13.6. The van der Waals surface area contributed by atoms with Crippen molar-refractivity contribution < 1.29 is 49.2 Å². The number of ether oxygens (including phenoxy) is 2. The third-order valence-electron chi connectivity index (χ3n) is 6.05. The zero-order valence-electron chi connectivity index (χ0n) is 21.7. The summed E-state index contributed by atoms with van der Waals surface area (Å²) in [6.45, 7) is 6.31. The summed E-state index contributed by atoms with van der Waals surface area (Å²) in [7, 11) is 0. The minimum Gasteiger partial charge on any atom is -0.491 e. The van der Waals surface area contributed by atoms with Gasteiger partial charge in [-0.2, -0.15) is 5.21 Å². The largest absolute Gasteiger partial charge is 1.00 e. The third kappa shape index (κ3) is 7.59. The summed E-state index contributed by atoms with van der Waals surface area (Å²) in [5, 5.41) is 33.2. The normalized spacial score (nSPS) is 11.6. The van der Waals surface area contributed by atoms with Crippen LogP contribution < -0.4 is 44.1 Å². The van der Waals surface area contributed by atoms with Crippen molar-refractivity contribution in [3.63, 3.8) is 0 Å². The molecule has 0 spiro atoms. The van der Waals surface area contributed by atoms with Crippen LogP contribution in [0.4, 0.5) is 0 Å². The summed E-state index contributed by atoms with van der Waals surface area (Å²) in [6.07, 6.45) is 2.33. The van der Waals surface area contributed by atoms with Gasteiger partial charge in [-0.05, 0) is 84.7 Å². The average Bonchev–Trinajstić information content (AvgIpc) is 3.40. The van der Waals surface area contributed by atoms with Gasteiger partial charge in [-0.15, -0.1) is 0 Å². The molecule has 0 fully saturated rings. The molecule has 2 aromatic heterocycles. The van der Waals surface area contributed by atoms with Crippen molar-refractivity contribution in [2.75, 3.05) is 13.2 Å². The maximum absolute atomic E-state index is 9.56. The first-order chi connectivity index (χ1) is 17.4. The predicted octanol–water partition coefficient (Wildman–Crippen LogP) is -0.0837. The second-order valence-corrected chi connectivity index (χ2v) is 8.76. The van der Waals surface area contributed by atoms with Gasteiger partial charge in [-0.25, -0.2) is 4.98 Å². The van der Waals surface area contributed by atoms with E-state index < -0.39 is 6.10 Å². The van der Waals surface area contributed by atoms with E-state index in [9.17, 15) is 5.11 Å². The van der Waals surface area contributed by atoms with Crippen molar-refractivity contribution in [3.8, 4) is 22.8 Å². The van der Waals surface area contributed by atoms with E-state index in [1.54, 1.807) is 6.20 Å². The number of tetrazole rings is 1. The Morgan fingerprint density at radius 2 is 1.78 bits per heavy atom. The molecule has 0 saturated carbocycles. The van der Waals surface area contributed by atoms with Gasteiger partial charge < -0.3 is 24.8 Å².